The lowest BCUT2D eigenvalue weighted by atomic mass is 10.3. The number of halogens is 1. The van der Waals surface area contributed by atoms with Crippen molar-refractivity contribution < 1.29 is 8.42 Å². The van der Waals surface area contributed by atoms with Crippen molar-refractivity contribution in [2.45, 2.75) is 17.9 Å². The zero-order valence-electron chi connectivity index (χ0n) is 10.3. The lowest BCUT2D eigenvalue weighted by Gasteiger charge is -2.23. The van der Waals surface area contributed by atoms with E-state index in [9.17, 15) is 8.42 Å². The molecular weight excluding hydrogens is 306 g/mol. The monoisotopic (exact) mass is 317 g/mol. The molecule has 1 atom stereocenters. The molecule has 0 bridgehead atoms. The number of hydrogen-bond donors (Lipinski definition) is 0. The minimum Gasteiger partial charge on any atom is -0.225 e. The molecule has 0 aliphatic carbocycles. The molecule has 0 radical (unpaired) electrons. The maximum Gasteiger partial charge on any atom is 0.246 e. The quantitative estimate of drug-likeness (QED) is 0.813. The summed E-state index contributed by atoms with van der Waals surface area (Å²) < 4.78 is 26.1. The average Bonchev–Trinajstić information content (AvgIpc) is 2.91. The fourth-order valence-electron chi connectivity index (χ4n) is 1.52. The third kappa shape index (κ3) is 2.94. The van der Waals surface area contributed by atoms with Crippen LogP contribution < -0.4 is 0 Å². The van der Waals surface area contributed by atoms with Crippen LogP contribution in [0.3, 0.4) is 0 Å². The van der Waals surface area contributed by atoms with Crippen molar-refractivity contribution in [2.24, 2.45) is 0 Å². The number of rotatable bonds is 4. The molecule has 19 heavy (non-hydrogen) atoms. The van der Waals surface area contributed by atoms with Crippen molar-refractivity contribution in [1.82, 2.24) is 14.3 Å². The summed E-state index contributed by atoms with van der Waals surface area (Å²) in [5.41, 5.74) is 0. The molecule has 102 valence electrons. The first-order valence-electron chi connectivity index (χ1n) is 5.42. The van der Waals surface area contributed by atoms with Crippen LogP contribution in [0, 0.1) is 0 Å². The maximum atomic E-state index is 12.4. The molecule has 2 aromatic heterocycles. The normalized spacial score (nSPS) is 13.7. The van der Waals surface area contributed by atoms with Gasteiger partial charge in [0.1, 0.15) is 4.90 Å². The van der Waals surface area contributed by atoms with Gasteiger partial charge in [0.05, 0.1) is 18.4 Å². The third-order valence-electron chi connectivity index (χ3n) is 2.77. The number of aromatic nitrogens is 2. The molecule has 0 fully saturated rings. The van der Waals surface area contributed by atoms with Gasteiger partial charge in [0.2, 0.25) is 15.3 Å². The zero-order chi connectivity index (χ0) is 14.0. The summed E-state index contributed by atoms with van der Waals surface area (Å²) in [6.07, 6.45) is 2.42. The Labute approximate surface area is 120 Å². The van der Waals surface area contributed by atoms with Gasteiger partial charge in [-0.05, 0) is 30.0 Å². The standard InChI is InChI=1S/C11H12ClN3O2S2/c1-8(10-4-3-5-18-10)15(2)19(16,17)9-6-13-11(12)14-7-9/h3-8H,1-2H3. The molecule has 5 nitrogen and oxygen atoms in total. The van der Waals surface area contributed by atoms with Crippen LogP contribution in [-0.2, 0) is 10.0 Å². The molecule has 8 heteroatoms. The molecule has 0 aliphatic rings. The van der Waals surface area contributed by atoms with Gasteiger partial charge >= 0.3 is 0 Å². The Hall–Kier alpha value is -1.02. The predicted molar refractivity (Wildman–Crippen MR) is 74.7 cm³/mol. The summed E-state index contributed by atoms with van der Waals surface area (Å²) in [6.45, 7) is 1.83. The lowest BCUT2D eigenvalue weighted by molar-refractivity contribution is 0.402. The summed E-state index contributed by atoms with van der Waals surface area (Å²) in [4.78, 5) is 8.41. The van der Waals surface area contributed by atoms with Gasteiger partial charge in [-0.2, -0.15) is 4.31 Å². The fourth-order valence-corrected chi connectivity index (χ4v) is 3.74. The highest BCUT2D eigenvalue weighted by molar-refractivity contribution is 7.89. The maximum absolute atomic E-state index is 12.4. The zero-order valence-corrected chi connectivity index (χ0v) is 12.7. The smallest absolute Gasteiger partial charge is 0.225 e. The van der Waals surface area contributed by atoms with Crippen LogP contribution in [0.4, 0.5) is 0 Å². The van der Waals surface area contributed by atoms with E-state index >= 15 is 0 Å². The third-order valence-corrected chi connectivity index (χ3v) is 5.89. The van der Waals surface area contributed by atoms with Gasteiger partial charge in [-0.25, -0.2) is 18.4 Å². The summed E-state index contributed by atoms with van der Waals surface area (Å²) in [7, 11) is -2.09. The lowest BCUT2D eigenvalue weighted by Crippen LogP contribution is -2.29. The molecule has 0 amide bonds. The summed E-state index contributed by atoms with van der Waals surface area (Å²) in [5.74, 6) is 0. The second-order valence-corrected chi connectivity index (χ2v) is 7.22. The van der Waals surface area contributed by atoms with Gasteiger partial charge in [0.15, 0.2) is 0 Å². The van der Waals surface area contributed by atoms with Gasteiger partial charge in [0.25, 0.3) is 0 Å². The SMILES string of the molecule is CC(c1cccs1)N(C)S(=O)(=O)c1cnc(Cl)nc1. The van der Waals surface area contributed by atoms with E-state index in [2.05, 4.69) is 9.97 Å². The number of thiophene rings is 1. The van der Waals surface area contributed by atoms with Crippen molar-refractivity contribution in [3.05, 3.63) is 40.1 Å². The van der Waals surface area contributed by atoms with Crippen LogP contribution in [0.2, 0.25) is 5.28 Å². The van der Waals surface area contributed by atoms with Crippen LogP contribution in [0.25, 0.3) is 0 Å². The molecule has 2 rings (SSSR count). The van der Waals surface area contributed by atoms with Gasteiger partial charge < -0.3 is 0 Å². The Balaban J connectivity index is 2.31. The first-order chi connectivity index (χ1) is 8.93. The molecule has 0 saturated carbocycles. The average molecular weight is 318 g/mol. The van der Waals surface area contributed by atoms with Crippen molar-refractivity contribution in [2.75, 3.05) is 7.05 Å². The van der Waals surface area contributed by atoms with E-state index in [1.165, 1.54) is 35.1 Å². The van der Waals surface area contributed by atoms with E-state index in [1.807, 2.05) is 24.4 Å². The summed E-state index contributed by atoms with van der Waals surface area (Å²) in [6, 6.07) is 3.54. The van der Waals surface area contributed by atoms with E-state index in [-0.39, 0.29) is 16.2 Å². The van der Waals surface area contributed by atoms with Crippen LogP contribution >= 0.6 is 22.9 Å². The highest BCUT2D eigenvalue weighted by Gasteiger charge is 2.27. The largest absolute Gasteiger partial charge is 0.246 e. The van der Waals surface area contributed by atoms with Crippen molar-refractivity contribution >= 4 is 33.0 Å². The molecule has 0 aromatic carbocycles. The minimum absolute atomic E-state index is 0.0212. The van der Waals surface area contributed by atoms with Gasteiger partial charge in [-0.1, -0.05) is 6.07 Å². The second kappa shape index (κ2) is 5.54. The fraction of sp³-hybridized carbons (Fsp3) is 0.273. The van der Waals surface area contributed by atoms with E-state index in [0.717, 1.165) is 4.88 Å². The molecule has 0 aliphatic heterocycles. The van der Waals surface area contributed by atoms with Gasteiger partial charge in [0, 0.05) is 11.9 Å². The van der Waals surface area contributed by atoms with E-state index in [1.54, 1.807) is 0 Å². The molecule has 0 saturated heterocycles. The minimum atomic E-state index is -3.62. The van der Waals surface area contributed by atoms with E-state index in [0.29, 0.717) is 0 Å². The van der Waals surface area contributed by atoms with Crippen molar-refractivity contribution in [1.29, 1.82) is 0 Å². The highest BCUT2D eigenvalue weighted by atomic mass is 35.5. The Kier molecular flexibility index (Phi) is 4.19. The summed E-state index contributed by atoms with van der Waals surface area (Å²) >= 11 is 7.07. The summed E-state index contributed by atoms with van der Waals surface area (Å²) in [5, 5.41) is 1.94. The van der Waals surface area contributed by atoms with Gasteiger partial charge in [-0.3, -0.25) is 0 Å². The number of sulfonamides is 1. The molecule has 1 unspecified atom stereocenters. The Morgan fingerprint density at radius 2 is 2.00 bits per heavy atom. The highest BCUT2D eigenvalue weighted by Crippen LogP contribution is 2.28. The Morgan fingerprint density at radius 3 is 2.53 bits per heavy atom. The van der Waals surface area contributed by atoms with E-state index in [4.69, 9.17) is 11.6 Å². The van der Waals surface area contributed by atoms with Crippen LogP contribution in [-0.4, -0.2) is 29.7 Å². The Morgan fingerprint density at radius 1 is 1.37 bits per heavy atom. The number of hydrogen-bond acceptors (Lipinski definition) is 5. The predicted octanol–water partition coefficient (Wildman–Crippen LogP) is 2.57. The molecular formula is C11H12ClN3O2S2. The molecule has 2 heterocycles. The van der Waals surface area contributed by atoms with Crippen LogP contribution in [0.1, 0.15) is 17.8 Å². The van der Waals surface area contributed by atoms with E-state index < -0.39 is 10.0 Å². The number of nitrogens with zero attached hydrogens (tertiary/aromatic N) is 3. The van der Waals surface area contributed by atoms with Crippen LogP contribution in [0.5, 0.6) is 0 Å². The molecule has 2 aromatic rings. The Bertz CT molecular complexity index is 641. The van der Waals surface area contributed by atoms with Crippen LogP contribution in [0.15, 0.2) is 34.8 Å². The second-order valence-electron chi connectivity index (χ2n) is 3.90. The van der Waals surface area contributed by atoms with Gasteiger partial charge in [-0.15, -0.1) is 11.3 Å². The molecule has 0 spiro atoms. The first-order valence-corrected chi connectivity index (χ1v) is 8.11. The van der Waals surface area contributed by atoms with Crippen molar-refractivity contribution in [3.8, 4) is 0 Å². The first kappa shape index (κ1) is 14.4. The van der Waals surface area contributed by atoms with Crippen molar-refractivity contribution in [3.63, 3.8) is 0 Å². The topological polar surface area (TPSA) is 63.2 Å². The molecule has 0 N–H and O–H groups in total.